The highest BCUT2D eigenvalue weighted by molar-refractivity contribution is 5.92. The van der Waals surface area contributed by atoms with Gasteiger partial charge in [0.2, 0.25) is 5.43 Å². The summed E-state index contributed by atoms with van der Waals surface area (Å²) >= 11 is 0. The van der Waals surface area contributed by atoms with Crippen molar-refractivity contribution in [3.8, 4) is 0 Å². The molecule has 2 aliphatic rings. The number of hydrogen-bond acceptors (Lipinski definition) is 5. The third-order valence-electron chi connectivity index (χ3n) is 5.19. The van der Waals surface area contributed by atoms with Crippen LogP contribution in [0.4, 0.5) is 10.2 Å². The number of halogens is 1. The van der Waals surface area contributed by atoms with Crippen LogP contribution in [-0.4, -0.2) is 45.8 Å². The average molecular weight is 360 g/mol. The van der Waals surface area contributed by atoms with Gasteiger partial charge in [-0.15, -0.1) is 0 Å². The summed E-state index contributed by atoms with van der Waals surface area (Å²) in [5, 5.41) is 12.7. The van der Waals surface area contributed by atoms with E-state index in [0.29, 0.717) is 18.2 Å². The number of hydrogen-bond donors (Lipinski definition) is 2. The van der Waals surface area contributed by atoms with Crippen molar-refractivity contribution in [1.29, 1.82) is 0 Å². The third kappa shape index (κ3) is 2.47. The molecule has 0 amide bonds. The van der Waals surface area contributed by atoms with E-state index in [0.717, 1.165) is 19.0 Å². The van der Waals surface area contributed by atoms with E-state index in [9.17, 15) is 19.1 Å². The van der Waals surface area contributed by atoms with Gasteiger partial charge in [0, 0.05) is 36.9 Å². The lowest BCUT2D eigenvalue weighted by atomic mass is 10.1. The molecule has 4 heterocycles. The molecule has 8 heteroatoms. The van der Waals surface area contributed by atoms with E-state index >= 15 is 0 Å². The van der Waals surface area contributed by atoms with Gasteiger partial charge >= 0.3 is 5.97 Å². The summed E-state index contributed by atoms with van der Waals surface area (Å²) < 4.78 is 16.5. The molecule has 0 unspecified atom stereocenters. The fraction of sp³-hybridized carbons (Fsp3) is 0.500. The molecule has 2 saturated heterocycles. The molecular formula is C18H21FN4O3. The number of carbonyl (C=O) groups is 1. The third-order valence-corrected chi connectivity index (χ3v) is 5.19. The maximum atomic E-state index is 14.8. The van der Waals surface area contributed by atoms with Crippen molar-refractivity contribution in [2.75, 3.05) is 18.0 Å². The molecular weight excluding hydrogens is 339 g/mol. The molecule has 0 spiro atoms. The molecule has 2 bridgehead atoms. The number of nitrogens with one attached hydrogen (secondary N) is 1. The van der Waals surface area contributed by atoms with Crippen LogP contribution in [0.15, 0.2) is 17.1 Å². The first-order valence-electron chi connectivity index (χ1n) is 8.66. The number of carboxylic acid groups (broad SMARTS) is 1. The molecule has 2 atom stereocenters. The fourth-order valence-electron chi connectivity index (χ4n) is 3.90. The number of pyridine rings is 2. The molecule has 0 aliphatic carbocycles. The Bertz CT molecular complexity index is 979. The molecule has 0 saturated carbocycles. The lowest BCUT2D eigenvalue weighted by Crippen LogP contribution is -2.44. The Balaban J connectivity index is 1.99. The number of aromatic nitrogens is 2. The van der Waals surface area contributed by atoms with E-state index in [1.54, 1.807) is 4.57 Å². The molecule has 0 aromatic carbocycles. The lowest BCUT2D eigenvalue weighted by molar-refractivity contribution is 0.0694. The zero-order valence-electron chi connectivity index (χ0n) is 14.9. The van der Waals surface area contributed by atoms with Crippen molar-refractivity contribution in [2.24, 2.45) is 0 Å². The number of nitrogens with zero attached hydrogens (tertiary/aromatic N) is 3. The van der Waals surface area contributed by atoms with Gasteiger partial charge in [-0.05, 0) is 33.3 Å². The number of rotatable bonds is 2. The minimum atomic E-state index is -1.33. The van der Waals surface area contributed by atoms with Gasteiger partial charge < -0.3 is 19.9 Å². The van der Waals surface area contributed by atoms with Gasteiger partial charge in [-0.3, -0.25) is 4.79 Å². The number of aromatic carboxylic acids is 1. The first kappa shape index (κ1) is 17.0. The van der Waals surface area contributed by atoms with E-state index in [-0.39, 0.29) is 22.8 Å². The molecule has 2 aromatic rings. The number of anilines is 1. The summed E-state index contributed by atoms with van der Waals surface area (Å²) in [5.41, 5.74) is -1.31. The van der Waals surface area contributed by atoms with Crippen LogP contribution >= 0.6 is 0 Å². The van der Waals surface area contributed by atoms with Gasteiger partial charge in [0.1, 0.15) is 11.2 Å². The molecule has 138 valence electrons. The molecule has 7 nitrogen and oxygen atoms in total. The second-order valence-electron chi connectivity index (χ2n) is 8.03. The predicted octanol–water partition coefficient (Wildman–Crippen LogP) is 1.54. The minimum absolute atomic E-state index is 0.0106. The Morgan fingerprint density at radius 3 is 2.69 bits per heavy atom. The normalized spacial score (nSPS) is 22.4. The quantitative estimate of drug-likeness (QED) is 0.845. The van der Waals surface area contributed by atoms with Crippen molar-refractivity contribution < 1.29 is 14.3 Å². The largest absolute Gasteiger partial charge is 0.477 e. The molecule has 2 fully saturated rings. The van der Waals surface area contributed by atoms with Crippen LogP contribution in [0, 0.1) is 5.82 Å². The standard InChI is InChI=1S/C18H21FN4O3/c1-18(2,3)23-8-12(17(25)26)14(24)11-5-13(19)16(21-15(11)23)22-7-9-4-10(22)6-20-9/h5,8-10,20H,4,6-7H2,1-3H3,(H,25,26)/t9-,10-/m0/s1. The van der Waals surface area contributed by atoms with Gasteiger partial charge in [-0.1, -0.05) is 0 Å². The Morgan fingerprint density at radius 1 is 1.42 bits per heavy atom. The summed E-state index contributed by atoms with van der Waals surface area (Å²) in [7, 11) is 0. The SMILES string of the molecule is CC(C)(C)n1cc(C(=O)O)c(=O)c2cc(F)c(N3C[C@@H]4C[C@H]3CN4)nc21. The van der Waals surface area contributed by atoms with Crippen LogP contribution in [0.2, 0.25) is 0 Å². The van der Waals surface area contributed by atoms with Gasteiger partial charge in [0.15, 0.2) is 11.6 Å². The summed E-state index contributed by atoms with van der Waals surface area (Å²) in [5.74, 6) is -1.69. The lowest BCUT2D eigenvalue weighted by Gasteiger charge is -2.30. The monoisotopic (exact) mass is 360 g/mol. The van der Waals surface area contributed by atoms with Gasteiger partial charge in [0.25, 0.3) is 0 Å². The Hall–Kier alpha value is -2.48. The first-order chi connectivity index (χ1) is 12.2. The Kier molecular flexibility index (Phi) is 3.59. The van der Waals surface area contributed by atoms with Crippen LogP contribution in [0.25, 0.3) is 11.0 Å². The van der Waals surface area contributed by atoms with Gasteiger partial charge in [-0.2, -0.15) is 0 Å². The van der Waals surface area contributed by atoms with E-state index in [2.05, 4.69) is 10.3 Å². The summed E-state index contributed by atoms with van der Waals surface area (Å²) in [4.78, 5) is 30.4. The fourth-order valence-corrected chi connectivity index (χ4v) is 3.90. The molecule has 2 aromatic heterocycles. The smallest absolute Gasteiger partial charge is 0.341 e. The van der Waals surface area contributed by atoms with Crippen molar-refractivity contribution in [1.82, 2.24) is 14.9 Å². The van der Waals surface area contributed by atoms with E-state index in [1.165, 1.54) is 6.20 Å². The zero-order chi connectivity index (χ0) is 18.8. The molecule has 4 rings (SSSR count). The second kappa shape index (κ2) is 5.51. The maximum absolute atomic E-state index is 14.8. The second-order valence-corrected chi connectivity index (χ2v) is 8.03. The van der Waals surface area contributed by atoms with Crippen LogP contribution in [0.5, 0.6) is 0 Å². The van der Waals surface area contributed by atoms with Gasteiger partial charge in [0.05, 0.1) is 5.39 Å². The highest BCUT2D eigenvalue weighted by Crippen LogP contribution is 2.32. The first-order valence-corrected chi connectivity index (χ1v) is 8.66. The highest BCUT2D eigenvalue weighted by atomic mass is 19.1. The van der Waals surface area contributed by atoms with E-state index in [4.69, 9.17) is 0 Å². The topological polar surface area (TPSA) is 87.5 Å². The molecule has 2 N–H and O–H groups in total. The van der Waals surface area contributed by atoms with Crippen LogP contribution in [0.1, 0.15) is 37.6 Å². The number of piperazine rings is 1. The van der Waals surface area contributed by atoms with Gasteiger partial charge in [-0.25, -0.2) is 14.2 Å². The van der Waals surface area contributed by atoms with Crippen LogP contribution in [0.3, 0.4) is 0 Å². The van der Waals surface area contributed by atoms with E-state index in [1.807, 2.05) is 25.7 Å². The van der Waals surface area contributed by atoms with Crippen LogP contribution in [-0.2, 0) is 5.54 Å². The van der Waals surface area contributed by atoms with Crippen molar-refractivity contribution >= 4 is 22.8 Å². The number of fused-ring (bicyclic) bond motifs is 3. The Morgan fingerprint density at radius 2 is 2.15 bits per heavy atom. The van der Waals surface area contributed by atoms with Crippen molar-refractivity contribution in [3.63, 3.8) is 0 Å². The van der Waals surface area contributed by atoms with E-state index < -0.39 is 22.8 Å². The van der Waals surface area contributed by atoms with Crippen molar-refractivity contribution in [2.45, 2.75) is 44.8 Å². The number of carboxylic acids is 1. The average Bonchev–Trinajstić information content (AvgIpc) is 3.16. The van der Waals surface area contributed by atoms with Crippen molar-refractivity contribution in [3.05, 3.63) is 33.9 Å². The Labute approximate surface area is 149 Å². The summed E-state index contributed by atoms with van der Waals surface area (Å²) in [6.07, 6.45) is 2.25. The predicted molar refractivity (Wildman–Crippen MR) is 95.5 cm³/mol. The van der Waals surface area contributed by atoms with Crippen LogP contribution < -0.4 is 15.6 Å². The maximum Gasteiger partial charge on any atom is 0.341 e. The zero-order valence-corrected chi connectivity index (χ0v) is 14.9. The molecule has 0 radical (unpaired) electrons. The summed E-state index contributed by atoms with van der Waals surface area (Å²) in [6.45, 7) is 7.11. The minimum Gasteiger partial charge on any atom is -0.477 e. The molecule has 2 aliphatic heterocycles. The summed E-state index contributed by atoms with van der Waals surface area (Å²) in [6, 6.07) is 1.65. The molecule has 26 heavy (non-hydrogen) atoms. The highest BCUT2D eigenvalue weighted by Gasteiger charge is 2.39.